The van der Waals surface area contributed by atoms with Gasteiger partial charge >= 0.3 is 0 Å². The molecule has 0 bridgehead atoms. The van der Waals surface area contributed by atoms with Crippen LogP contribution in [-0.2, 0) is 13.1 Å². The zero-order valence-corrected chi connectivity index (χ0v) is 23.2. The molecule has 210 valence electrons. The van der Waals surface area contributed by atoms with Crippen LogP contribution >= 0.6 is 0 Å². The lowest BCUT2D eigenvalue weighted by Gasteiger charge is -2.33. The number of piperidine rings is 1. The van der Waals surface area contributed by atoms with Crippen LogP contribution < -0.4 is 10.5 Å². The number of rotatable bonds is 7. The Hall–Kier alpha value is -3.46. The van der Waals surface area contributed by atoms with Crippen LogP contribution in [0.5, 0.6) is 5.75 Å². The molecule has 0 spiro atoms. The second-order valence-electron chi connectivity index (χ2n) is 12.3. The number of amides is 1. The van der Waals surface area contributed by atoms with E-state index in [0.29, 0.717) is 35.2 Å². The highest BCUT2D eigenvalue weighted by Crippen LogP contribution is 2.41. The minimum Gasteiger partial charge on any atom is -0.494 e. The maximum atomic E-state index is 14.3. The van der Waals surface area contributed by atoms with E-state index < -0.39 is 6.17 Å². The predicted molar refractivity (Wildman–Crippen MR) is 153 cm³/mol. The summed E-state index contributed by atoms with van der Waals surface area (Å²) < 4.78 is 24.8. The van der Waals surface area contributed by atoms with Gasteiger partial charge in [0, 0.05) is 42.8 Å². The van der Waals surface area contributed by atoms with Crippen LogP contribution in [0.4, 0.5) is 4.39 Å². The molecule has 40 heavy (non-hydrogen) atoms. The highest BCUT2D eigenvalue weighted by atomic mass is 19.1. The molecule has 3 aliphatic rings. The fourth-order valence-corrected chi connectivity index (χ4v) is 6.80. The minimum absolute atomic E-state index is 0.0563. The lowest BCUT2D eigenvalue weighted by atomic mass is 9.76. The molecule has 9 heteroatoms. The maximum Gasteiger partial charge on any atom is 0.254 e. The van der Waals surface area contributed by atoms with Crippen LogP contribution in [0, 0.1) is 17.8 Å². The average molecular weight is 545 g/mol. The second kappa shape index (κ2) is 9.87. The van der Waals surface area contributed by atoms with Crippen molar-refractivity contribution in [3.63, 3.8) is 0 Å². The Kier molecular flexibility index (Phi) is 6.29. The number of halogens is 1. The largest absolute Gasteiger partial charge is 0.494 e. The van der Waals surface area contributed by atoms with Gasteiger partial charge in [-0.2, -0.15) is 0 Å². The number of nitrogens with two attached hydrogens (primary N) is 1. The summed E-state index contributed by atoms with van der Waals surface area (Å²) >= 11 is 0. The number of hydrogen-bond donors (Lipinski definition) is 1. The number of likely N-dealkylation sites (tertiary alicyclic amines) is 1. The quantitative estimate of drug-likeness (QED) is 0.353. The van der Waals surface area contributed by atoms with E-state index in [1.165, 1.54) is 30.6 Å². The van der Waals surface area contributed by atoms with Crippen molar-refractivity contribution >= 4 is 28.0 Å². The lowest BCUT2D eigenvalue weighted by molar-refractivity contribution is 0.0606. The molecule has 1 amide bonds. The number of hydrogen-bond acceptors (Lipinski definition) is 5. The van der Waals surface area contributed by atoms with Gasteiger partial charge in [-0.3, -0.25) is 4.79 Å². The minimum atomic E-state index is -1.11. The van der Waals surface area contributed by atoms with Gasteiger partial charge in [0.15, 0.2) is 5.82 Å². The second-order valence-corrected chi connectivity index (χ2v) is 12.3. The van der Waals surface area contributed by atoms with E-state index in [1.807, 2.05) is 18.3 Å². The van der Waals surface area contributed by atoms with Crippen LogP contribution in [-0.4, -0.2) is 62.3 Å². The summed E-state index contributed by atoms with van der Waals surface area (Å²) in [4.78, 5) is 25.0. The van der Waals surface area contributed by atoms with E-state index in [2.05, 4.69) is 28.2 Å². The normalized spacial score (nSPS) is 24.9. The highest BCUT2D eigenvalue weighted by Gasteiger charge is 2.32. The lowest BCUT2D eigenvalue weighted by Crippen LogP contribution is -2.50. The summed E-state index contributed by atoms with van der Waals surface area (Å²) in [5.74, 6) is 3.20. The van der Waals surface area contributed by atoms with E-state index >= 15 is 0 Å². The van der Waals surface area contributed by atoms with Crippen LogP contribution in [0.15, 0.2) is 36.5 Å². The SMILES string of the molecule is COc1cc(C(=O)N2C[C@H](N)C[C@@H](F)C2)cc2nc(-c3cc4cccnc4n3CC3CC3)n(CC3CC(C)C3)c12. The average Bonchev–Trinajstić information content (AvgIpc) is 3.57. The van der Waals surface area contributed by atoms with E-state index in [-0.39, 0.29) is 24.9 Å². The fraction of sp³-hybridized carbons (Fsp3) is 0.516. The van der Waals surface area contributed by atoms with Crippen molar-refractivity contribution in [2.24, 2.45) is 23.5 Å². The molecule has 8 nitrogen and oxygen atoms in total. The summed E-state index contributed by atoms with van der Waals surface area (Å²) in [6.07, 6.45) is 5.86. The third-order valence-electron chi connectivity index (χ3n) is 8.93. The van der Waals surface area contributed by atoms with Gasteiger partial charge in [0.2, 0.25) is 0 Å². The molecule has 4 heterocycles. The third kappa shape index (κ3) is 4.54. The van der Waals surface area contributed by atoms with Crippen LogP contribution in [0.1, 0.15) is 49.4 Å². The molecule has 1 aliphatic heterocycles. The summed E-state index contributed by atoms with van der Waals surface area (Å²) in [5.41, 5.74) is 10.1. The number of pyridine rings is 1. The van der Waals surface area contributed by atoms with Gasteiger partial charge in [-0.05, 0) is 80.2 Å². The number of fused-ring (bicyclic) bond motifs is 2. The third-order valence-corrected chi connectivity index (χ3v) is 8.93. The van der Waals surface area contributed by atoms with Crippen molar-refractivity contribution < 1.29 is 13.9 Å². The standard InChI is InChI=1S/C31H37FN6O2/c1-18-8-20(9-18)15-38-28-25(10-22(12-27(28)40-2)31(39)36-16-23(32)13-24(33)17-36)35-30(38)26-11-21-4-3-7-34-29(21)37(26)14-19-5-6-19/h3-4,7,10-12,18-20,23-24H,5-6,8-9,13-17,33H2,1-2H3/t18?,20?,23-,24-/m1/s1. The number of imidazole rings is 1. The maximum absolute atomic E-state index is 14.3. The van der Waals surface area contributed by atoms with Crippen molar-refractivity contribution in [1.29, 1.82) is 0 Å². The first kappa shape index (κ1) is 25.5. The van der Waals surface area contributed by atoms with Gasteiger partial charge in [-0.1, -0.05) is 6.92 Å². The summed E-state index contributed by atoms with van der Waals surface area (Å²) in [5, 5.41) is 1.10. The number of carbonyl (C=O) groups is 1. The van der Waals surface area contributed by atoms with E-state index in [0.717, 1.165) is 47.1 Å². The topological polar surface area (TPSA) is 91.2 Å². The molecule has 2 aliphatic carbocycles. The summed E-state index contributed by atoms with van der Waals surface area (Å²) in [7, 11) is 1.63. The van der Waals surface area contributed by atoms with Gasteiger partial charge in [0.05, 0.1) is 24.9 Å². The number of benzene rings is 1. The molecule has 7 rings (SSSR count). The van der Waals surface area contributed by atoms with Crippen molar-refractivity contribution in [2.45, 2.75) is 64.3 Å². The Morgan fingerprint density at radius 3 is 2.62 bits per heavy atom. The number of alkyl halides is 1. The summed E-state index contributed by atoms with van der Waals surface area (Å²) in [6.45, 7) is 4.45. The summed E-state index contributed by atoms with van der Waals surface area (Å²) in [6, 6.07) is 9.53. The predicted octanol–water partition coefficient (Wildman–Crippen LogP) is 5.03. The van der Waals surface area contributed by atoms with Gasteiger partial charge in [0.25, 0.3) is 5.91 Å². The van der Waals surface area contributed by atoms with Crippen molar-refractivity contribution in [3.8, 4) is 17.3 Å². The van der Waals surface area contributed by atoms with Crippen molar-refractivity contribution in [1.82, 2.24) is 24.0 Å². The molecule has 3 aromatic heterocycles. The van der Waals surface area contributed by atoms with Gasteiger partial charge < -0.3 is 24.5 Å². The molecular formula is C31H37FN6O2. The Bertz CT molecular complexity index is 1570. The molecule has 4 aromatic rings. The van der Waals surface area contributed by atoms with E-state index in [9.17, 15) is 9.18 Å². The Balaban J connectivity index is 1.38. The van der Waals surface area contributed by atoms with Gasteiger partial charge in [-0.25, -0.2) is 14.4 Å². The molecule has 0 unspecified atom stereocenters. The number of carbonyl (C=O) groups excluding carboxylic acids is 1. The fourth-order valence-electron chi connectivity index (χ4n) is 6.80. The van der Waals surface area contributed by atoms with E-state index in [1.54, 1.807) is 13.2 Å². The molecule has 1 aromatic carbocycles. The van der Waals surface area contributed by atoms with E-state index in [4.69, 9.17) is 20.4 Å². The monoisotopic (exact) mass is 544 g/mol. The highest BCUT2D eigenvalue weighted by molar-refractivity contribution is 6.00. The zero-order valence-electron chi connectivity index (χ0n) is 23.2. The smallest absolute Gasteiger partial charge is 0.254 e. The van der Waals surface area contributed by atoms with Crippen LogP contribution in [0.3, 0.4) is 0 Å². The zero-order chi connectivity index (χ0) is 27.5. The Morgan fingerprint density at radius 2 is 1.90 bits per heavy atom. The molecule has 3 fully saturated rings. The van der Waals surface area contributed by atoms with Crippen molar-refractivity contribution in [2.75, 3.05) is 20.2 Å². The number of ether oxygens (including phenoxy) is 1. The number of methoxy groups -OCH3 is 1. The molecule has 2 N–H and O–H groups in total. The Labute approximate surface area is 233 Å². The first-order valence-electron chi connectivity index (χ1n) is 14.6. The molecule has 2 atom stereocenters. The Morgan fingerprint density at radius 1 is 1.10 bits per heavy atom. The first-order chi connectivity index (χ1) is 19.4. The van der Waals surface area contributed by atoms with Gasteiger partial charge in [0.1, 0.15) is 23.1 Å². The van der Waals surface area contributed by atoms with Crippen LogP contribution in [0.2, 0.25) is 0 Å². The molecular weight excluding hydrogens is 507 g/mol. The number of nitrogens with zero attached hydrogens (tertiary/aromatic N) is 5. The first-order valence-corrected chi connectivity index (χ1v) is 14.6. The molecule has 2 saturated carbocycles. The molecule has 1 saturated heterocycles. The van der Waals surface area contributed by atoms with Gasteiger partial charge in [-0.15, -0.1) is 0 Å². The number of aromatic nitrogens is 4. The van der Waals surface area contributed by atoms with Crippen LogP contribution in [0.25, 0.3) is 33.6 Å². The van der Waals surface area contributed by atoms with Crippen molar-refractivity contribution in [3.05, 3.63) is 42.1 Å². The molecule has 0 radical (unpaired) electrons.